The van der Waals surface area contributed by atoms with Gasteiger partial charge in [0.05, 0.1) is 25.9 Å². The number of carbonyl (C=O) groups is 3. The second-order valence-corrected chi connectivity index (χ2v) is 13.2. The summed E-state index contributed by atoms with van der Waals surface area (Å²) < 4.78 is 53.4. The highest BCUT2D eigenvalue weighted by atomic mass is 35.5. The van der Waals surface area contributed by atoms with E-state index >= 15 is 0 Å². The zero-order valence-corrected chi connectivity index (χ0v) is 28.6. The van der Waals surface area contributed by atoms with Crippen molar-refractivity contribution >= 4 is 43.3 Å². The van der Waals surface area contributed by atoms with Gasteiger partial charge in [0.2, 0.25) is 0 Å². The van der Waals surface area contributed by atoms with Gasteiger partial charge < -0.3 is 18.9 Å². The Bertz CT molecular complexity index is 1490. The summed E-state index contributed by atoms with van der Waals surface area (Å²) in [6, 6.07) is 8.21. The highest BCUT2D eigenvalue weighted by Crippen LogP contribution is 2.57. The molecule has 1 unspecified atom stereocenters. The van der Waals surface area contributed by atoms with E-state index in [1.165, 1.54) is 33.0 Å². The van der Waals surface area contributed by atoms with Crippen molar-refractivity contribution in [1.29, 1.82) is 0 Å². The van der Waals surface area contributed by atoms with Gasteiger partial charge in [0.15, 0.2) is 6.10 Å². The predicted octanol–water partition coefficient (Wildman–Crippen LogP) is 5.55. The monoisotopic (exact) mass is 701 g/mol. The molecule has 47 heavy (non-hydrogen) atoms. The topological polar surface area (TPSA) is 180 Å². The smallest absolute Gasteiger partial charge is 0.456 e. The Morgan fingerprint density at radius 1 is 1.19 bits per heavy atom. The molecule has 2 heterocycles. The van der Waals surface area contributed by atoms with Gasteiger partial charge in [-0.1, -0.05) is 43.5 Å². The van der Waals surface area contributed by atoms with Gasteiger partial charge in [-0.3, -0.25) is 33.0 Å². The number of phosphoric ester groups is 1. The SMILES string of the molecule is CCCCCOC(=O)Nc1ccn(CO[C@H](COP2(=O)OCC[C@@H](c3cccc(Cl)c3)O2)[C@@H](OC(C)=O)C(C)(C)OC(C)=O)c(=O)n1. The quantitative estimate of drug-likeness (QED) is 0.0996. The van der Waals surface area contributed by atoms with Gasteiger partial charge in [0.1, 0.15) is 24.3 Å². The predicted molar refractivity (Wildman–Crippen MR) is 169 cm³/mol. The number of phosphoric acid groups is 1. The summed E-state index contributed by atoms with van der Waals surface area (Å²) in [5.74, 6) is -1.45. The van der Waals surface area contributed by atoms with Crippen LogP contribution in [0.1, 0.15) is 72.0 Å². The van der Waals surface area contributed by atoms with Crippen LogP contribution in [0.15, 0.2) is 41.3 Å². The lowest BCUT2D eigenvalue weighted by atomic mass is 9.96. The average Bonchev–Trinajstić information content (AvgIpc) is 2.98. The third kappa shape index (κ3) is 12.3. The molecule has 260 valence electrons. The number of esters is 2. The molecule has 0 radical (unpaired) electrons. The minimum absolute atomic E-state index is 0.0417. The molecule has 0 bridgehead atoms. The van der Waals surface area contributed by atoms with Crippen LogP contribution in [0.5, 0.6) is 0 Å². The van der Waals surface area contributed by atoms with Crippen molar-refractivity contribution in [2.75, 3.05) is 25.1 Å². The molecule has 15 nitrogen and oxygen atoms in total. The zero-order valence-electron chi connectivity index (χ0n) is 27.0. The van der Waals surface area contributed by atoms with Crippen molar-refractivity contribution in [1.82, 2.24) is 9.55 Å². The average molecular weight is 702 g/mol. The summed E-state index contributed by atoms with van der Waals surface area (Å²) in [6.45, 7) is 6.58. The number of halogens is 1. The number of rotatable bonds is 16. The number of anilines is 1. The van der Waals surface area contributed by atoms with Crippen molar-refractivity contribution in [3.05, 3.63) is 57.6 Å². The third-order valence-electron chi connectivity index (χ3n) is 6.74. The molecule has 0 spiro atoms. The van der Waals surface area contributed by atoms with Crippen molar-refractivity contribution in [3.8, 4) is 0 Å². The van der Waals surface area contributed by atoms with Crippen LogP contribution >= 0.6 is 19.4 Å². The van der Waals surface area contributed by atoms with Crippen LogP contribution in [0.4, 0.5) is 10.6 Å². The fraction of sp³-hybridized carbons (Fsp3) is 0.567. The van der Waals surface area contributed by atoms with E-state index in [0.717, 1.165) is 24.3 Å². The summed E-state index contributed by atoms with van der Waals surface area (Å²) in [4.78, 5) is 52.7. The molecule has 1 amide bonds. The van der Waals surface area contributed by atoms with E-state index in [-0.39, 0.29) is 19.0 Å². The summed E-state index contributed by atoms with van der Waals surface area (Å²) in [6.07, 6.45) is 0.245. The maximum absolute atomic E-state index is 13.6. The second-order valence-electron chi connectivity index (χ2n) is 11.1. The zero-order chi connectivity index (χ0) is 34.6. The third-order valence-corrected chi connectivity index (χ3v) is 8.45. The first-order valence-corrected chi connectivity index (χ1v) is 16.9. The summed E-state index contributed by atoms with van der Waals surface area (Å²) in [7, 11) is -4.20. The van der Waals surface area contributed by atoms with E-state index in [1.807, 2.05) is 6.92 Å². The fourth-order valence-electron chi connectivity index (χ4n) is 4.60. The van der Waals surface area contributed by atoms with Crippen molar-refractivity contribution in [3.63, 3.8) is 0 Å². The number of hydrogen-bond donors (Lipinski definition) is 1. The van der Waals surface area contributed by atoms with E-state index in [2.05, 4.69) is 10.3 Å². The Kier molecular flexibility index (Phi) is 14.4. The van der Waals surface area contributed by atoms with Crippen LogP contribution in [-0.2, 0) is 53.4 Å². The Hall–Kier alpha value is -3.33. The molecule has 0 aliphatic carbocycles. The number of ether oxygens (including phenoxy) is 4. The summed E-state index contributed by atoms with van der Waals surface area (Å²) >= 11 is 6.11. The molecular weight excluding hydrogens is 661 g/mol. The van der Waals surface area contributed by atoms with Gasteiger partial charge >= 0.3 is 31.5 Å². The Labute approximate surface area is 277 Å². The van der Waals surface area contributed by atoms with Gasteiger partial charge in [-0.2, -0.15) is 4.98 Å². The lowest BCUT2D eigenvalue weighted by molar-refractivity contribution is -0.202. The van der Waals surface area contributed by atoms with Gasteiger partial charge in [-0.15, -0.1) is 0 Å². The van der Waals surface area contributed by atoms with Crippen LogP contribution < -0.4 is 11.0 Å². The van der Waals surface area contributed by atoms with Crippen LogP contribution in [0, 0.1) is 0 Å². The van der Waals surface area contributed by atoms with Crippen LogP contribution in [0.3, 0.4) is 0 Å². The maximum Gasteiger partial charge on any atom is 0.475 e. The van der Waals surface area contributed by atoms with E-state index in [9.17, 15) is 23.7 Å². The molecular formula is C30H41ClN3O12P. The van der Waals surface area contributed by atoms with Crippen molar-refractivity contribution in [2.24, 2.45) is 0 Å². The summed E-state index contributed by atoms with van der Waals surface area (Å²) in [5.41, 5.74) is -1.61. The fourth-order valence-corrected chi connectivity index (χ4v) is 6.20. The lowest BCUT2D eigenvalue weighted by Gasteiger charge is -2.38. The highest BCUT2D eigenvalue weighted by molar-refractivity contribution is 7.48. The minimum Gasteiger partial charge on any atom is -0.456 e. The minimum atomic E-state index is -4.20. The van der Waals surface area contributed by atoms with Gasteiger partial charge in [0.25, 0.3) is 0 Å². The van der Waals surface area contributed by atoms with Gasteiger partial charge in [0, 0.05) is 31.5 Å². The van der Waals surface area contributed by atoms with Gasteiger partial charge in [-0.05, 0) is 44.0 Å². The van der Waals surface area contributed by atoms with Crippen LogP contribution in [0.25, 0.3) is 0 Å². The Morgan fingerprint density at radius 2 is 1.96 bits per heavy atom. The first kappa shape index (κ1) is 38.1. The normalized spacial score (nSPS) is 19.3. The van der Waals surface area contributed by atoms with E-state index in [1.54, 1.807) is 24.3 Å². The molecule has 1 N–H and O–H groups in total. The Morgan fingerprint density at radius 3 is 2.62 bits per heavy atom. The number of benzene rings is 1. The molecule has 1 saturated heterocycles. The molecule has 3 rings (SSSR count). The number of hydrogen-bond acceptors (Lipinski definition) is 13. The van der Waals surface area contributed by atoms with Crippen LogP contribution in [0.2, 0.25) is 5.02 Å². The molecule has 1 fully saturated rings. The Balaban J connectivity index is 1.79. The van der Waals surface area contributed by atoms with Gasteiger partial charge in [-0.25, -0.2) is 14.2 Å². The van der Waals surface area contributed by atoms with Crippen molar-refractivity contribution < 1.29 is 51.5 Å². The first-order valence-electron chi connectivity index (χ1n) is 15.0. The molecule has 4 atom stereocenters. The molecule has 2 aromatic rings. The second kappa shape index (κ2) is 17.7. The summed E-state index contributed by atoms with van der Waals surface area (Å²) in [5, 5.41) is 2.86. The lowest BCUT2D eigenvalue weighted by Crippen LogP contribution is -2.52. The number of nitrogens with one attached hydrogen (secondary N) is 1. The first-order chi connectivity index (χ1) is 22.2. The number of amides is 1. The van der Waals surface area contributed by atoms with Crippen LogP contribution in [-0.4, -0.2) is 65.2 Å². The maximum atomic E-state index is 13.6. The largest absolute Gasteiger partial charge is 0.475 e. The van der Waals surface area contributed by atoms with E-state index in [4.69, 9.17) is 44.1 Å². The standard InChI is InChI=1S/C30H41ClN3O12P/c1-6-7-8-15-40-29(38)33-26-12-14-34(28(37)32-26)19-41-25(27(44-20(2)35)30(4,5)45-21(3)36)18-43-47(39)42-16-13-24(46-47)22-10-9-11-23(31)17-22/h9-12,14,17,24-25,27H,6-8,13,15-16,18-19H2,1-5H3,(H,32,33,37,38)/t24-,25+,27+,47?/m0/s1. The molecule has 1 aromatic heterocycles. The number of nitrogens with zero attached hydrogens (tertiary/aromatic N) is 2. The molecule has 1 aliphatic rings. The molecule has 1 aromatic carbocycles. The highest BCUT2D eigenvalue weighted by Gasteiger charge is 2.45. The number of unbranched alkanes of at least 4 members (excludes halogenated alkanes) is 2. The number of aromatic nitrogens is 2. The number of carbonyl (C=O) groups excluding carboxylic acids is 3. The molecule has 17 heteroatoms. The molecule has 0 saturated carbocycles. The van der Waals surface area contributed by atoms with E-state index in [0.29, 0.717) is 23.4 Å². The molecule has 1 aliphatic heterocycles. The van der Waals surface area contributed by atoms with Crippen molar-refractivity contribution in [2.45, 2.75) is 90.9 Å². The van der Waals surface area contributed by atoms with E-state index < -0.39 is 68.8 Å².